The summed E-state index contributed by atoms with van der Waals surface area (Å²) in [5.74, 6) is 0. The predicted octanol–water partition coefficient (Wildman–Crippen LogP) is 2.22. The van der Waals surface area contributed by atoms with Crippen molar-refractivity contribution in [2.24, 2.45) is 5.73 Å². The van der Waals surface area contributed by atoms with Gasteiger partial charge < -0.3 is 10.7 Å². The average Bonchev–Trinajstić information content (AvgIpc) is 2.69. The highest BCUT2D eigenvalue weighted by molar-refractivity contribution is 6.07. The van der Waals surface area contributed by atoms with Crippen LogP contribution in [0.5, 0.6) is 0 Å². The number of pyridine rings is 1. The highest BCUT2D eigenvalue weighted by Gasteiger charge is 2.07. The standard InChI is InChI=1S/C13H13N3/c14-7-5-12-13-10(6-8-15-12)9-3-1-2-4-11(9)16-13/h1-4,6,8,16H,5,7,14H2. The van der Waals surface area contributed by atoms with Crippen LogP contribution in [0.15, 0.2) is 36.5 Å². The summed E-state index contributed by atoms with van der Waals surface area (Å²) in [4.78, 5) is 7.79. The van der Waals surface area contributed by atoms with E-state index in [4.69, 9.17) is 5.73 Å². The van der Waals surface area contributed by atoms with Crippen molar-refractivity contribution in [1.82, 2.24) is 9.97 Å². The van der Waals surface area contributed by atoms with Gasteiger partial charge in [0.05, 0.1) is 11.2 Å². The maximum Gasteiger partial charge on any atom is 0.0684 e. The van der Waals surface area contributed by atoms with E-state index in [0.29, 0.717) is 6.54 Å². The van der Waals surface area contributed by atoms with Gasteiger partial charge in [0, 0.05) is 28.9 Å². The number of para-hydroxylation sites is 1. The Balaban J connectivity index is 2.39. The third kappa shape index (κ3) is 1.29. The lowest BCUT2D eigenvalue weighted by molar-refractivity contribution is 0.932. The molecule has 0 aliphatic carbocycles. The zero-order valence-electron chi connectivity index (χ0n) is 8.90. The van der Waals surface area contributed by atoms with Gasteiger partial charge in [-0.25, -0.2) is 0 Å². The number of benzene rings is 1. The first kappa shape index (κ1) is 9.36. The quantitative estimate of drug-likeness (QED) is 0.682. The van der Waals surface area contributed by atoms with Crippen LogP contribution in [-0.4, -0.2) is 16.5 Å². The highest BCUT2D eigenvalue weighted by atomic mass is 14.8. The molecule has 0 unspecified atom stereocenters. The zero-order chi connectivity index (χ0) is 11.0. The van der Waals surface area contributed by atoms with Gasteiger partial charge in [-0.05, 0) is 18.7 Å². The second kappa shape index (κ2) is 3.61. The summed E-state index contributed by atoms with van der Waals surface area (Å²) in [7, 11) is 0. The summed E-state index contributed by atoms with van der Waals surface area (Å²) >= 11 is 0. The van der Waals surface area contributed by atoms with Crippen molar-refractivity contribution in [2.75, 3.05) is 6.54 Å². The van der Waals surface area contributed by atoms with E-state index in [-0.39, 0.29) is 0 Å². The average molecular weight is 211 g/mol. The van der Waals surface area contributed by atoms with Crippen molar-refractivity contribution in [1.29, 1.82) is 0 Å². The molecular formula is C13H13N3. The van der Waals surface area contributed by atoms with Gasteiger partial charge in [-0.15, -0.1) is 0 Å². The zero-order valence-corrected chi connectivity index (χ0v) is 8.90. The van der Waals surface area contributed by atoms with E-state index in [1.165, 1.54) is 10.8 Å². The predicted molar refractivity (Wildman–Crippen MR) is 66.4 cm³/mol. The maximum absolute atomic E-state index is 5.59. The van der Waals surface area contributed by atoms with Gasteiger partial charge in [-0.1, -0.05) is 18.2 Å². The molecule has 16 heavy (non-hydrogen) atoms. The van der Waals surface area contributed by atoms with Crippen molar-refractivity contribution >= 4 is 21.8 Å². The second-order valence-corrected chi connectivity index (χ2v) is 3.89. The van der Waals surface area contributed by atoms with Gasteiger partial charge in [0.15, 0.2) is 0 Å². The molecule has 2 heterocycles. The molecule has 0 saturated heterocycles. The summed E-state index contributed by atoms with van der Waals surface area (Å²) in [5.41, 5.74) is 8.92. The molecule has 0 saturated carbocycles. The molecule has 3 aromatic rings. The molecule has 0 spiro atoms. The Morgan fingerprint density at radius 3 is 2.88 bits per heavy atom. The van der Waals surface area contributed by atoms with Crippen LogP contribution < -0.4 is 5.73 Å². The molecule has 0 aliphatic rings. The van der Waals surface area contributed by atoms with Gasteiger partial charge in [0.1, 0.15) is 0 Å². The Bertz CT molecular complexity index is 640. The first-order chi connectivity index (χ1) is 7.90. The third-order valence-electron chi connectivity index (χ3n) is 2.89. The fourth-order valence-corrected chi connectivity index (χ4v) is 2.16. The van der Waals surface area contributed by atoms with Gasteiger partial charge in [0.25, 0.3) is 0 Å². The number of aromatic nitrogens is 2. The Morgan fingerprint density at radius 1 is 1.12 bits per heavy atom. The largest absolute Gasteiger partial charge is 0.353 e. The molecule has 1 aromatic carbocycles. The van der Waals surface area contributed by atoms with Gasteiger partial charge in [0.2, 0.25) is 0 Å². The Labute approximate surface area is 93.3 Å². The van der Waals surface area contributed by atoms with Crippen LogP contribution in [0.3, 0.4) is 0 Å². The fraction of sp³-hybridized carbons (Fsp3) is 0.154. The Hall–Kier alpha value is -1.87. The number of aromatic amines is 1. The first-order valence-electron chi connectivity index (χ1n) is 5.44. The number of nitrogens with one attached hydrogen (secondary N) is 1. The van der Waals surface area contributed by atoms with Gasteiger partial charge in [-0.3, -0.25) is 4.98 Å². The van der Waals surface area contributed by atoms with Crippen molar-refractivity contribution in [3.8, 4) is 0 Å². The molecule has 0 amide bonds. The number of nitrogens with zero attached hydrogens (tertiary/aromatic N) is 1. The van der Waals surface area contributed by atoms with Crippen LogP contribution in [0.25, 0.3) is 21.8 Å². The third-order valence-corrected chi connectivity index (χ3v) is 2.89. The van der Waals surface area contributed by atoms with Gasteiger partial charge in [-0.2, -0.15) is 0 Å². The van der Waals surface area contributed by atoms with E-state index in [0.717, 1.165) is 23.1 Å². The van der Waals surface area contributed by atoms with Crippen molar-refractivity contribution < 1.29 is 0 Å². The molecule has 3 rings (SSSR count). The maximum atomic E-state index is 5.59. The van der Waals surface area contributed by atoms with E-state index >= 15 is 0 Å². The van der Waals surface area contributed by atoms with E-state index in [9.17, 15) is 0 Å². The number of fused-ring (bicyclic) bond motifs is 3. The molecule has 80 valence electrons. The molecule has 2 aromatic heterocycles. The Morgan fingerprint density at radius 2 is 2.00 bits per heavy atom. The molecule has 3 nitrogen and oxygen atoms in total. The number of H-pyrrole nitrogens is 1. The molecule has 3 heteroatoms. The number of hydrogen-bond donors (Lipinski definition) is 2. The van der Waals surface area contributed by atoms with E-state index < -0.39 is 0 Å². The highest BCUT2D eigenvalue weighted by Crippen LogP contribution is 2.26. The van der Waals surface area contributed by atoms with Crippen LogP contribution in [-0.2, 0) is 6.42 Å². The smallest absolute Gasteiger partial charge is 0.0684 e. The summed E-state index contributed by atoms with van der Waals surface area (Å²) in [6, 6.07) is 10.3. The van der Waals surface area contributed by atoms with Crippen LogP contribution in [0, 0.1) is 0 Å². The van der Waals surface area contributed by atoms with Crippen molar-refractivity contribution in [3.05, 3.63) is 42.2 Å². The van der Waals surface area contributed by atoms with Gasteiger partial charge >= 0.3 is 0 Å². The van der Waals surface area contributed by atoms with Crippen LogP contribution in [0.1, 0.15) is 5.69 Å². The minimum atomic E-state index is 0.626. The van der Waals surface area contributed by atoms with E-state index in [1.807, 2.05) is 18.3 Å². The monoisotopic (exact) mass is 211 g/mol. The molecular weight excluding hydrogens is 198 g/mol. The number of nitrogens with two attached hydrogens (primary N) is 1. The van der Waals surface area contributed by atoms with Crippen molar-refractivity contribution in [3.63, 3.8) is 0 Å². The molecule has 0 fully saturated rings. The lowest BCUT2D eigenvalue weighted by Crippen LogP contribution is -2.04. The van der Waals surface area contributed by atoms with Crippen LogP contribution >= 0.6 is 0 Å². The topological polar surface area (TPSA) is 54.7 Å². The molecule has 0 atom stereocenters. The second-order valence-electron chi connectivity index (χ2n) is 3.89. The molecule has 0 aliphatic heterocycles. The normalized spacial score (nSPS) is 11.3. The first-order valence-corrected chi connectivity index (χ1v) is 5.44. The molecule has 3 N–H and O–H groups in total. The summed E-state index contributed by atoms with van der Waals surface area (Å²) in [6.07, 6.45) is 2.66. The summed E-state index contributed by atoms with van der Waals surface area (Å²) in [5, 5.41) is 2.48. The SMILES string of the molecule is NCCc1nccc2c1[nH]c1ccccc12. The Kier molecular flexibility index (Phi) is 2.11. The number of hydrogen-bond acceptors (Lipinski definition) is 2. The van der Waals surface area contributed by atoms with Crippen LogP contribution in [0.4, 0.5) is 0 Å². The minimum absolute atomic E-state index is 0.626. The summed E-state index contributed by atoms with van der Waals surface area (Å²) in [6.45, 7) is 0.626. The van der Waals surface area contributed by atoms with Crippen LogP contribution in [0.2, 0.25) is 0 Å². The summed E-state index contributed by atoms with van der Waals surface area (Å²) < 4.78 is 0. The fourth-order valence-electron chi connectivity index (χ4n) is 2.16. The molecule has 0 bridgehead atoms. The van der Waals surface area contributed by atoms with E-state index in [1.54, 1.807) is 0 Å². The van der Waals surface area contributed by atoms with E-state index in [2.05, 4.69) is 28.2 Å². The minimum Gasteiger partial charge on any atom is -0.353 e. The molecule has 0 radical (unpaired) electrons. The lowest BCUT2D eigenvalue weighted by atomic mass is 10.1. The van der Waals surface area contributed by atoms with Crippen molar-refractivity contribution in [2.45, 2.75) is 6.42 Å². The lowest BCUT2D eigenvalue weighted by Gasteiger charge is -1.98. The number of rotatable bonds is 2.